The van der Waals surface area contributed by atoms with E-state index in [1.165, 1.54) is 12.0 Å². The van der Waals surface area contributed by atoms with Crippen molar-refractivity contribution in [1.29, 1.82) is 0 Å². The van der Waals surface area contributed by atoms with Crippen LogP contribution in [0.25, 0.3) is 6.08 Å². The van der Waals surface area contributed by atoms with Crippen LogP contribution < -0.4 is 5.32 Å². The van der Waals surface area contributed by atoms with E-state index < -0.39 is 0 Å². The summed E-state index contributed by atoms with van der Waals surface area (Å²) in [7, 11) is 1.38. The molecule has 13 heavy (non-hydrogen) atoms. The summed E-state index contributed by atoms with van der Waals surface area (Å²) >= 11 is 1.69. The zero-order valence-corrected chi connectivity index (χ0v) is 7.98. The molecule has 1 aromatic heterocycles. The Labute approximate surface area is 80.0 Å². The van der Waals surface area contributed by atoms with E-state index in [-0.39, 0.29) is 5.97 Å². The molecule has 68 valence electrons. The Morgan fingerprint density at radius 1 is 1.69 bits per heavy atom. The van der Waals surface area contributed by atoms with Crippen LogP contribution in [0.3, 0.4) is 0 Å². The molecule has 0 spiro atoms. The molecule has 2 rings (SSSR count). The molecule has 1 aliphatic rings. The van der Waals surface area contributed by atoms with E-state index in [4.69, 9.17) is 0 Å². The topological polar surface area (TPSA) is 38.3 Å². The lowest BCUT2D eigenvalue weighted by molar-refractivity contribution is -0.136. The van der Waals surface area contributed by atoms with E-state index >= 15 is 0 Å². The summed E-state index contributed by atoms with van der Waals surface area (Å²) in [5.41, 5.74) is 1.65. The number of thiophene rings is 1. The molecule has 0 radical (unpaired) electrons. The predicted molar refractivity (Wildman–Crippen MR) is 51.2 cm³/mol. The molecule has 2 heterocycles. The van der Waals surface area contributed by atoms with Gasteiger partial charge in [0.15, 0.2) is 0 Å². The Balaban J connectivity index is 2.32. The van der Waals surface area contributed by atoms with Crippen LogP contribution in [0.4, 0.5) is 0 Å². The zero-order valence-electron chi connectivity index (χ0n) is 7.16. The molecule has 0 atom stereocenters. The fourth-order valence-electron chi connectivity index (χ4n) is 1.25. The maximum atomic E-state index is 11.1. The molecule has 0 bridgehead atoms. The number of carbonyl (C=O) groups is 1. The number of rotatable bonds is 1. The third-order valence-electron chi connectivity index (χ3n) is 1.92. The lowest BCUT2D eigenvalue weighted by Crippen LogP contribution is -2.23. The van der Waals surface area contributed by atoms with Crippen molar-refractivity contribution in [3.63, 3.8) is 0 Å². The van der Waals surface area contributed by atoms with Crippen molar-refractivity contribution in [2.24, 2.45) is 0 Å². The van der Waals surface area contributed by atoms with Crippen molar-refractivity contribution in [3.8, 4) is 0 Å². The molecule has 1 aliphatic heterocycles. The highest BCUT2D eigenvalue weighted by atomic mass is 32.1. The molecular weight excluding hydrogens is 186 g/mol. The highest BCUT2D eigenvalue weighted by Crippen LogP contribution is 2.23. The fraction of sp³-hybridized carbons (Fsp3) is 0.222. The third-order valence-corrected chi connectivity index (χ3v) is 2.86. The van der Waals surface area contributed by atoms with Crippen molar-refractivity contribution < 1.29 is 9.53 Å². The molecule has 1 aromatic rings. The van der Waals surface area contributed by atoms with Crippen molar-refractivity contribution >= 4 is 23.4 Å². The monoisotopic (exact) mass is 195 g/mol. The third kappa shape index (κ3) is 1.45. The van der Waals surface area contributed by atoms with Gasteiger partial charge >= 0.3 is 5.97 Å². The summed E-state index contributed by atoms with van der Waals surface area (Å²) < 4.78 is 4.61. The van der Waals surface area contributed by atoms with Gasteiger partial charge in [0.25, 0.3) is 0 Å². The van der Waals surface area contributed by atoms with Gasteiger partial charge < -0.3 is 10.1 Å². The molecule has 0 amide bonds. The Hall–Kier alpha value is -1.29. The first kappa shape index (κ1) is 8.31. The molecule has 4 heteroatoms. The zero-order chi connectivity index (χ0) is 9.26. The Bertz CT molecular complexity index is 367. The molecular formula is C9H9NO2S. The number of methoxy groups -OCH3 is 1. The lowest BCUT2D eigenvalue weighted by Gasteiger charge is -2.13. The molecule has 0 aromatic carbocycles. The number of carbonyl (C=O) groups excluding carboxylic acids is 1. The van der Waals surface area contributed by atoms with E-state index in [1.807, 2.05) is 17.5 Å². The van der Waals surface area contributed by atoms with Crippen LogP contribution in [0.2, 0.25) is 0 Å². The van der Waals surface area contributed by atoms with E-state index in [0.29, 0.717) is 12.2 Å². The second-order valence-electron chi connectivity index (χ2n) is 2.70. The van der Waals surface area contributed by atoms with Crippen LogP contribution in [-0.4, -0.2) is 13.1 Å². The van der Waals surface area contributed by atoms with Crippen molar-refractivity contribution in [1.82, 2.24) is 5.32 Å². The van der Waals surface area contributed by atoms with Gasteiger partial charge in [-0.05, 0) is 23.1 Å². The maximum Gasteiger partial charge on any atom is 0.354 e. The first-order chi connectivity index (χ1) is 6.31. The Morgan fingerprint density at radius 2 is 2.54 bits per heavy atom. The van der Waals surface area contributed by atoms with Crippen LogP contribution in [0, 0.1) is 0 Å². The van der Waals surface area contributed by atoms with Crippen molar-refractivity contribution in [2.75, 3.05) is 7.11 Å². The second kappa shape index (κ2) is 3.22. The number of fused-ring (bicyclic) bond motifs is 1. The summed E-state index contributed by atoms with van der Waals surface area (Å²) in [6.45, 7) is 0.716. The summed E-state index contributed by atoms with van der Waals surface area (Å²) in [5.74, 6) is -0.308. The van der Waals surface area contributed by atoms with Gasteiger partial charge in [-0.25, -0.2) is 4.79 Å². The van der Waals surface area contributed by atoms with Gasteiger partial charge in [0.05, 0.1) is 13.7 Å². The largest absolute Gasteiger partial charge is 0.464 e. The quantitative estimate of drug-likeness (QED) is 0.688. The van der Waals surface area contributed by atoms with Crippen LogP contribution in [0.5, 0.6) is 0 Å². The number of hydrogen-bond acceptors (Lipinski definition) is 4. The van der Waals surface area contributed by atoms with Crippen LogP contribution >= 0.6 is 11.3 Å². The predicted octanol–water partition coefficient (Wildman–Crippen LogP) is 1.37. The van der Waals surface area contributed by atoms with Crippen molar-refractivity contribution in [2.45, 2.75) is 6.54 Å². The van der Waals surface area contributed by atoms with Gasteiger partial charge in [0.2, 0.25) is 0 Å². The minimum Gasteiger partial charge on any atom is -0.464 e. The minimum absolute atomic E-state index is 0.308. The molecule has 0 saturated heterocycles. The maximum absolute atomic E-state index is 11.1. The summed E-state index contributed by atoms with van der Waals surface area (Å²) in [4.78, 5) is 12.4. The molecule has 0 saturated carbocycles. The second-order valence-corrected chi connectivity index (χ2v) is 3.70. The first-order valence-electron chi connectivity index (χ1n) is 3.91. The Kier molecular flexibility index (Phi) is 2.06. The number of hydrogen-bond donors (Lipinski definition) is 1. The van der Waals surface area contributed by atoms with Crippen LogP contribution in [-0.2, 0) is 16.1 Å². The molecule has 0 aliphatic carbocycles. The van der Waals surface area contributed by atoms with Crippen LogP contribution in [0.15, 0.2) is 17.1 Å². The molecule has 1 N–H and O–H groups in total. The van der Waals surface area contributed by atoms with Gasteiger partial charge in [-0.1, -0.05) is 0 Å². The minimum atomic E-state index is -0.308. The van der Waals surface area contributed by atoms with Gasteiger partial charge in [-0.3, -0.25) is 0 Å². The van der Waals surface area contributed by atoms with E-state index in [9.17, 15) is 4.79 Å². The number of esters is 1. The Morgan fingerprint density at radius 3 is 3.31 bits per heavy atom. The lowest BCUT2D eigenvalue weighted by atomic mass is 10.1. The average Bonchev–Trinajstić information content (AvgIpc) is 2.63. The molecule has 3 nitrogen and oxygen atoms in total. The van der Waals surface area contributed by atoms with Crippen molar-refractivity contribution in [3.05, 3.63) is 27.6 Å². The summed E-state index contributed by atoms with van der Waals surface area (Å²) in [6, 6.07) is 2.00. The normalized spacial score (nSPS) is 14.1. The van der Waals surface area contributed by atoms with Gasteiger partial charge in [-0.15, -0.1) is 11.3 Å². The summed E-state index contributed by atoms with van der Waals surface area (Å²) in [6.07, 6.45) is 1.82. The van der Waals surface area contributed by atoms with E-state index in [2.05, 4.69) is 10.1 Å². The van der Waals surface area contributed by atoms with Gasteiger partial charge in [-0.2, -0.15) is 0 Å². The first-order valence-corrected chi connectivity index (χ1v) is 4.79. The van der Waals surface area contributed by atoms with Gasteiger partial charge in [0.1, 0.15) is 5.70 Å². The highest BCUT2D eigenvalue weighted by molar-refractivity contribution is 7.10. The molecule has 0 fully saturated rings. The average molecular weight is 195 g/mol. The fourth-order valence-corrected chi connectivity index (χ4v) is 2.04. The van der Waals surface area contributed by atoms with Gasteiger partial charge in [0, 0.05) is 4.88 Å². The van der Waals surface area contributed by atoms with E-state index in [1.54, 1.807) is 11.3 Å². The number of nitrogens with one attached hydrogen (secondary N) is 1. The van der Waals surface area contributed by atoms with Crippen LogP contribution in [0.1, 0.15) is 10.4 Å². The number of ether oxygens (including phenoxy) is 1. The standard InChI is InChI=1S/C9H9NO2S/c1-12-9(11)7-4-6-2-3-13-8(6)5-10-7/h2-4,10H,5H2,1H3. The van der Waals surface area contributed by atoms with E-state index in [0.717, 1.165) is 5.56 Å². The molecule has 0 unspecified atom stereocenters. The summed E-state index contributed by atoms with van der Waals surface area (Å²) in [5, 5.41) is 5.03. The SMILES string of the molecule is COC(=O)C1=Cc2ccsc2CN1. The smallest absolute Gasteiger partial charge is 0.354 e. The highest BCUT2D eigenvalue weighted by Gasteiger charge is 2.15.